The fraction of sp³-hybridized carbons (Fsp3) is 0.111. The Hall–Kier alpha value is -3.68. The Labute approximate surface area is 147 Å². The molecule has 2 heterocycles. The highest BCUT2D eigenvalue weighted by Gasteiger charge is 2.13. The summed E-state index contributed by atoms with van der Waals surface area (Å²) in [5, 5.41) is 11.5. The van der Waals surface area contributed by atoms with Crippen LogP contribution in [0.2, 0.25) is 0 Å². The van der Waals surface area contributed by atoms with E-state index in [9.17, 15) is 9.59 Å². The van der Waals surface area contributed by atoms with Crippen LogP contribution in [-0.4, -0.2) is 29.1 Å². The molecule has 0 aliphatic carbocycles. The van der Waals surface area contributed by atoms with Crippen molar-refractivity contribution in [2.24, 2.45) is 5.10 Å². The average molecular weight is 350 g/mol. The van der Waals surface area contributed by atoms with Gasteiger partial charge in [-0.15, -0.1) is 0 Å². The molecule has 2 aromatic carbocycles. The van der Waals surface area contributed by atoms with Crippen LogP contribution in [0, 0.1) is 0 Å². The molecule has 4 rings (SSSR count). The number of aromatic amines is 1. The van der Waals surface area contributed by atoms with Crippen LogP contribution in [0.3, 0.4) is 0 Å². The van der Waals surface area contributed by atoms with Crippen molar-refractivity contribution in [3.63, 3.8) is 0 Å². The van der Waals surface area contributed by atoms with Crippen molar-refractivity contribution in [1.82, 2.24) is 15.6 Å². The predicted octanol–water partition coefficient (Wildman–Crippen LogP) is 1.34. The minimum Gasteiger partial charge on any atom is -0.454 e. The van der Waals surface area contributed by atoms with E-state index >= 15 is 0 Å². The van der Waals surface area contributed by atoms with Gasteiger partial charge in [-0.05, 0) is 29.8 Å². The number of hydrogen-bond donors (Lipinski definition) is 2. The molecule has 0 unspecified atom stereocenters. The lowest BCUT2D eigenvalue weighted by Crippen LogP contribution is -2.22. The second kappa shape index (κ2) is 6.67. The Morgan fingerprint density at radius 1 is 1.19 bits per heavy atom. The highest BCUT2D eigenvalue weighted by Crippen LogP contribution is 2.31. The van der Waals surface area contributed by atoms with Gasteiger partial charge in [-0.25, -0.2) is 10.5 Å². The minimum atomic E-state index is -0.341. The average Bonchev–Trinajstić information content (AvgIpc) is 3.12. The van der Waals surface area contributed by atoms with E-state index in [0.717, 1.165) is 5.56 Å². The number of H-pyrrole nitrogens is 1. The predicted molar refractivity (Wildman–Crippen MR) is 94.4 cm³/mol. The zero-order valence-electron chi connectivity index (χ0n) is 13.6. The maximum absolute atomic E-state index is 12.1. The lowest BCUT2D eigenvalue weighted by Gasteiger charge is -2.04. The molecule has 0 fully saturated rings. The third-order valence-electron chi connectivity index (χ3n) is 3.90. The summed E-state index contributed by atoms with van der Waals surface area (Å²) in [6.07, 6.45) is 1.51. The van der Waals surface area contributed by atoms with E-state index in [-0.39, 0.29) is 24.7 Å². The van der Waals surface area contributed by atoms with E-state index in [0.29, 0.717) is 28.0 Å². The van der Waals surface area contributed by atoms with Gasteiger partial charge in [0.2, 0.25) is 12.7 Å². The number of rotatable bonds is 4. The highest BCUT2D eigenvalue weighted by molar-refractivity contribution is 5.89. The van der Waals surface area contributed by atoms with Crippen molar-refractivity contribution in [2.45, 2.75) is 6.42 Å². The number of carbonyl (C=O) groups is 1. The molecule has 26 heavy (non-hydrogen) atoms. The monoisotopic (exact) mass is 350 g/mol. The normalized spacial score (nSPS) is 12.6. The molecular weight excluding hydrogens is 336 g/mol. The van der Waals surface area contributed by atoms with Gasteiger partial charge in [-0.2, -0.15) is 10.2 Å². The molecule has 1 aliphatic rings. The quantitative estimate of drug-likeness (QED) is 0.546. The van der Waals surface area contributed by atoms with Crippen LogP contribution in [0.1, 0.15) is 11.3 Å². The van der Waals surface area contributed by atoms with E-state index in [1.165, 1.54) is 6.21 Å². The van der Waals surface area contributed by atoms with E-state index in [1.807, 2.05) is 0 Å². The number of hydrogen-bond acceptors (Lipinski definition) is 6. The van der Waals surface area contributed by atoms with Crippen LogP contribution in [0.4, 0.5) is 0 Å². The fourth-order valence-corrected chi connectivity index (χ4v) is 2.67. The number of ether oxygens (including phenoxy) is 2. The number of carbonyl (C=O) groups excluding carboxylic acids is 1. The first-order valence-corrected chi connectivity index (χ1v) is 7.88. The third-order valence-corrected chi connectivity index (χ3v) is 3.90. The zero-order valence-corrected chi connectivity index (χ0v) is 13.6. The first-order valence-electron chi connectivity index (χ1n) is 7.88. The van der Waals surface area contributed by atoms with Crippen LogP contribution in [0.25, 0.3) is 10.8 Å². The van der Waals surface area contributed by atoms with Gasteiger partial charge in [0.05, 0.1) is 23.7 Å². The molecule has 1 aromatic heterocycles. The number of hydrazone groups is 1. The molecule has 8 heteroatoms. The standard InChI is InChI=1S/C18H14N4O4/c23-17(8-14-12-3-1-2-4-13(12)18(24)22-20-14)21-19-9-11-5-6-15-16(7-11)26-10-25-15/h1-7,9H,8,10H2,(H,21,23)(H,22,24)/b19-9-. The largest absolute Gasteiger partial charge is 0.454 e. The van der Waals surface area contributed by atoms with Gasteiger partial charge in [-0.3, -0.25) is 9.59 Å². The summed E-state index contributed by atoms with van der Waals surface area (Å²) in [4.78, 5) is 23.9. The summed E-state index contributed by atoms with van der Waals surface area (Å²) in [5.41, 5.74) is 3.41. The first kappa shape index (κ1) is 15.8. The number of amides is 1. The maximum atomic E-state index is 12.1. The van der Waals surface area contributed by atoms with Gasteiger partial charge < -0.3 is 9.47 Å². The Bertz CT molecular complexity index is 1070. The number of benzene rings is 2. The smallest absolute Gasteiger partial charge is 0.272 e. The molecule has 3 aromatic rings. The van der Waals surface area contributed by atoms with E-state index in [2.05, 4.69) is 20.7 Å². The van der Waals surface area contributed by atoms with Gasteiger partial charge in [0, 0.05) is 5.39 Å². The van der Waals surface area contributed by atoms with Crippen molar-refractivity contribution in [3.8, 4) is 11.5 Å². The highest BCUT2D eigenvalue weighted by atomic mass is 16.7. The van der Waals surface area contributed by atoms with Crippen LogP contribution >= 0.6 is 0 Å². The molecule has 2 N–H and O–H groups in total. The van der Waals surface area contributed by atoms with Crippen molar-refractivity contribution in [3.05, 3.63) is 64.1 Å². The van der Waals surface area contributed by atoms with Crippen molar-refractivity contribution in [1.29, 1.82) is 0 Å². The Morgan fingerprint density at radius 2 is 2.00 bits per heavy atom. The van der Waals surface area contributed by atoms with Gasteiger partial charge >= 0.3 is 0 Å². The lowest BCUT2D eigenvalue weighted by atomic mass is 10.1. The number of nitrogens with zero attached hydrogens (tertiary/aromatic N) is 2. The van der Waals surface area contributed by atoms with E-state index < -0.39 is 0 Å². The van der Waals surface area contributed by atoms with E-state index in [1.54, 1.807) is 42.5 Å². The summed E-state index contributed by atoms with van der Waals surface area (Å²) in [7, 11) is 0. The SMILES string of the molecule is O=C(Cc1n[nH]c(=O)c2ccccc12)N/N=C\c1ccc2c(c1)OCO2. The molecule has 8 nitrogen and oxygen atoms in total. The van der Waals surface area contributed by atoms with Gasteiger partial charge in [0.15, 0.2) is 11.5 Å². The molecule has 0 atom stereocenters. The molecular formula is C18H14N4O4. The van der Waals surface area contributed by atoms with Crippen LogP contribution in [0.15, 0.2) is 52.4 Å². The fourth-order valence-electron chi connectivity index (χ4n) is 2.67. The van der Waals surface area contributed by atoms with Crippen LogP contribution < -0.4 is 20.5 Å². The lowest BCUT2D eigenvalue weighted by molar-refractivity contribution is -0.120. The van der Waals surface area contributed by atoms with Crippen molar-refractivity contribution < 1.29 is 14.3 Å². The molecule has 1 amide bonds. The summed E-state index contributed by atoms with van der Waals surface area (Å²) in [6, 6.07) is 12.4. The Kier molecular flexibility index (Phi) is 4.06. The van der Waals surface area contributed by atoms with Crippen LogP contribution in [-0.2, 0) is 11.2 Å². The van der Waals surface area contributed by atoms with Gasteiger partial charge in [-0.1, -0.05) is 18.2 Å². The molecule has 0 saturated carbocycles. The molecule has 0 saturated heterocycles. The van der Waals surface area contributed by atoms with Crippen molar-refractivity contribution >= 4 is 22.9 Å². The maximum Gasteiger partial charge on any atom is 0.272 e. The third kappa shape index (κ3) is 3.12. The molecule has 130 valence electrons. The second-order valence-electron chi connectivity index (χ2n) is 5.63. The minimum absolute atomic E-state index is 0.00419. The number of fused-ring (bicyclic) bond motifs is 2. The summed E-state index contributed by atoms with van der Waals surface area (Å²) in [6.45, 7) is 0.201. The number of aromatic nitrogens is 2. The van der Waals surface area contributed by atoms with Gasteiger partial charge in [0.25, 0.3) is 5.56 Å². The first-order chi connectivity index (χ1) is 12.7. The van der Waals surface area contributed by atoms with Crippen LogP contribution in [0.5, 0.6) is 11.5 Å². The molecule has 0 bridgehead atoms. The Morgan fingerprint density at radius 3 is 2.88 bits per heavy atom. The summed E-state index contributed by atoms with van der Waals surface area (Å²) in [5.74, 6) is 0.984. The summed E-state index contributed by atoms with van der Waals surface area (Å²) < 4.78 is 10.5. The zero-order chi connectivity index (χ0) is 17.9. The topological polar surface area (TPSA) is 106 Å². The molecule has 0 spiro atoms. The molecule has 0 radical (unpaired) electrons. The van der Waals surface area contributed by atoms with Crippen molar-refractivity contribution in [2.75, 3.05) is 6.79 Å². The van der Waals surface area contributed by atoms with Gasteiger partial charge in [0.1, 0.15) is 0 Å². The molecule has 1 aliphatic heterocycles. The second-order valence-corrected chi connectivity index (χ2v) is 5.63. The number of nitrogens with one attached hydrogen (secondary N) is 2. The van der Waals surface area contributed by atoms with E-state index in [4.69, 9.17) is 9.47 Å². The summed E-state index contributed by atoms with van der Waals surface area (Å²) >= 11 is 0. The Balaban J connectivity index is 1.45.